The Balaban J connectivity index is 1.25. The molecule has 0 aromatic heterocycles. The van der Waals surface area contributed by atoms with Gasteiger partial charge in [-0.05, 0) is 18.6 Å². The molecule has 0 bridgehead atoms. The van der Waals surface area contributed by atoms with Crippen molar-refractivity contribution in [3.63, 3.8) is 0 Å². The lowest BCUT2D eigenvalue weighted by molar-refractivity contribution is -0.0893. The van der Waals surface area contributed by atoms with Crippen molar-refractivity contribution in [2.45, 2.75) is 25.0 Å². The number of nitrogens with zero attached hydrogens (tertiary/aromatic N) is 3. The second-order valence-electron chi connectivity index (χ2n) is 7.92. The number of aliphatic hydroxyl groups excluding tert-OH is 3. The summed E-state index contributed by atoms with van der Waals surface area (Å²) < 4.78 is 0. The third-order valence-corrected chi connectivity index (χ3v) is 6.82. The van der Waals surface area contributed by atoms with E-state index in [0.717, 1.165) is 43.0 Å². The molecule has 0 amide bonds. The fraction of sp³-hybridized carbons (Fsp3) is 0.455. The molecule has 0 aliphatic carbocycles. The summed E-state index contributed by atoms with van der Waals surface area (Å²) in [6.07, 6.45) is -1.74. The molecule has 0 spiro atoms. The number of anilines is 1. The zero-order chi connectivity index (χ0) is 21.3. The van der Waals surface area contributed by atoms with Crippen molar-refractivity contribution in [1.29, 1.82) is 0 Å². The molecule has 2 aliphatic rings. The fourth-order valence-corrected chi connectivity index (χ4v) is 4.73. The average Bonchev–Trinajstić information content (AvgIpc) is 2.99. The van der Waals surface area contributed by atoms with Crippen LogP contribution >= 0.6 is 23.2 Å². The normalized spacial score (nSPS) is 23.6. The SMILES string of the molecule is OC(CCN1C(O)c2ccccc2C1O)CN1CCN(c2cccc(Cl)c2Cl)CC1. The fourth-order valence-electron chi connectivity index (χ4n) is 4.31. The van der Waals surface area contributed by atoms with Crippen LogP contribution in [-0.2, 0) is 0 Å². The number of β-amino-alcohol motifs (C(OH)–C–C–N with tert-alkyl or cyclic N) is 1. The Hall–Kier alpha value is -1.38. The summed E-state index contributed by atoms with van der Waals surface area (Å²) in [5.41, 5.74) is 2.41. The molecule has 162 valence electrons. The highest BCUT2D eigenvalue weighted by atomic mass is 35.5. The molecule has 6 nitrogen and oxygen atoms in total. The predicted octanol–water partition coefficient (Wildman–Crippen LogP) is 2.86. The van der Waals surface area contributed by atoms with Gasteiger partial charge in [0.15, 0.2) is 0 Å². The van der Waals surface area contributed by atoms with Crippen molar-refractivity contribution in [3.05, 3.63) is 63.6 Å². The van der Waals surface area contributed by atoms with Crippen LogP contribution in [-0.4, -0.2) is 70.5 Å². The molecule has 2 heterocycles. The van der Waals surface area contributed by atoms with Gasteiger partial charge in [-0.2, -0.15) is 0 Å². The molecule has 1 fully saturated rings. The van der Waals surface area contributed by atoms with Crippen LogP contribution in [0, 0.1) is 0 Å². The summed E-state index contributed by atoms with van der Waals surface area (Å²) in [4.78, 5) is 6.06. The van der Waals surface area contributed by atoms with Gasteiger partial charge in [-0.25, -0.2) is 4.90 Å². The molecular formula is C22H27Cl2N3O3. The van der Waals surface area contributed by atoms with Crippen LogP contribution in [0.1, 0.15) is 30.0 Å². The van der Waals surface area contributed by atoms with Crippen LogP contribution in [0.3, 0.4) is 0 Å². The minimum Gasteiger partial charge on any atom is -0.392 e. The van der Waals surface area contributed by atoms with Gasteiger partial charge in [-0.3, -0.25) is 4.90 Å². The number of hydrogen-bond acceptors (Lipinski definition) is 6. The molecule has 4 rings (SSSR count). The smallest absolute Gasteiger partial charge is 0.136 e. The van der Waals surface area contributed by atoms with Gasteiger partial charge in [0.2, 0.25) is 0 Å². The van der Waals surface area contributed by atoms with Crippen LogP contribution in [0.15, 0.2) is 42.5 Å². The van der Waals surface area contributed by atoms with Crippen molar-refractivity contribution in [2.75, 3.05) is 44.2 Å². The standard InChI is InChI=1S/C22H27Cl2N3O3/c23-18-6-3-7-19(20(18)24)26-12-10-25(11-13-26)14-15(28)8-9-27-21(29)16-4-1-2-5-17(16)22(27)30/h1-7,15,21-22,28-30H,8-14H2. The van der Waals surface area contributed by atoms with Crippen molar-refractivity contribution in [3.8, 4) is 0 Å². The molecule has 3 N–H and O–H groups in total. The van der Waals surface area contributed by atoms with Crippen molar-refractivity contribution < 1.29 is 15.3 Å². The zero-order valence-electron chi connectivity index (χ0n) is 16.7. The highest BCUT2D eigenvalue weighted by molar-refractivity contribution is 6.43. The summed E-state index contributed by atoms with van der Waals surface area (Å²) in [7, 11) is 0. The molecule has 0 saturated carbocycles. The molecule has 3 atom stereocenters. The van der Waals surface area contributed by atoms with Crippen molar-refractivity contribution in [2.24, 2.45) is 0 Å². The maximum Gasteiger partial charge on any atom is 0.136 e. The molecule has 2 aromatic rings. The predicted molar refractivity (Wildman–Crippen MR) is 119 cm³/mol. The summed E-state index contributed by atoms with van der Waals surface area (Å²) in [6, 6.07) is 13.0. The van der Waals surface area contributed by atoms with Crippen molar-refractivity contribution >= 4 is 28.9 Å². The molecule has 0 radical (unpaired) electrons. The first-order valence-electron chi connectivity index (χ1n) is 10.3. The zero-order valence-corrected chi connectivity index (χ0v) is 18.2. The Morgan fingerprint density at radius 3 is 2.17 bits per heavy atom. The number of fused-ring (bicyclic) bond motifs is 1. The lowest BCUT2D eigenvalue weighted by Crippen LogP contribution is -2.49. The van der Waals surface area contributed by atoms with E-state index in [0.29, 0.717) is 29.6 Å². The number of hydrogen-bond donors (Lipinski definition) is 3. The Morgan fingerprint density at radius 1 is 0.900 bits per heavy atom. The number of benzene rings is 2. The van der Waals surface area contributed by atoms with Gasteiger partial charge in [0.1, 0.15) is 12.5 Å². The Kier molecular flexibility index (Phi) is 6.85. The topological polar surface area (TPSA) is 70.4 Å². The Morgan fingerprint density at radius 2 is 1.53 bits per heavy atom. The third kappa shape index (κ3) is 4.46. The maximum absolute atomic E-state index is 10.5. The third-order valence-electron chi connectivity index (χ3n) is 6.01. The quantitative estimate of drug-likeness (QED) is 0.627. The van der Waals surface area contributed by atoms with E-state index in [9.17, 15) is 15.3 Å². The second-order valence-corrected chi connectivity index (χ2v) is 8.70. The molecule has 2 aliphatic heterocycles. The average molecular weight is 452 g/mol. The van der Waals surface area contributed by atoms with Gasteiger partial charge in [-0.1, -0.05) is 53.5 Å². The maximum atomic E-state index is 10.5. The van der Waals surface area contributed by atoms with E-state index in [1.165, 1.54) is 0 Å². The summed E-state index contributed by atoms with van der Waals surface area (Å²) in [6.45, 7) is 4.23. The van der Waals surface area contributed by atoms with Crippen LogP contribution in [0.25, 0.3) is 0 Å². The van der Waals surface area contributed by atoms with Crippen LogP contribution < -0.4 is 4.90 Å². The van der Waals surface area contributed by atoms with Gasteiger partial charge < -0.3 is 20.2 Å². The first-order valence-corrected chi connectivity index (χ1v) is 11.0. The molecule has 1 saturated heterocycles. The number of halogens is 2. The first-order chi connectivity index (χ1) is 14.5. The Bertz CT molecular complexity index is 847. The molecule has 3 unspecified atom stereocenters. The lowest BCUT2D eigenvalue weighted by atomic mass is 10.1. The highest BCUT2D eigenvalue weighted by Gasteiger charge is 2.35. The van der Waals surface area contributed by atoms with Crippen molar-refractivity contribution in [1.82, 2.24) is 9.80 Å². The van der Waals surface area contributed by atoms with E-state index in [4.69, 9.17) is 23.2 Å². The summed E-state index contributed by atoms with van der Waals surface area (Å²) >= 11 is 12.5. The van der Waals surface area contributed by atoms with Gasteiger partial charge in [-0.15, -0.1) is 0 Å². The second kappa shape index (κ2) is 9.40. The first kappa shape index (κ1) is 21.8. The molecule has 8 heteroatoms. The summed E-state index contributed by atoms with van der Waals surface area (Å²) in [5, 5.41) is 32.6. The van der Waals surface area contributed by atoms with Crippen LogP contribution in [0.4, 0.5) is 5.69 Å². The van der Waals surface area contributed by atoms with Crippen LogP contribution in [0.2, 0.25) is 10.0 Å². The van der Waals surface area contributed by atoms with E-state index < -0.39 is 18.6 Å². The molecule has 30 heavy (non-hydrogen) atoms. The monoisotopic (exact) mass is 451 g/mol. The van der Waals surface area contributed by atoms with Gasteiger partial charge >= 0.3 is 0 Å². The minimum atomic E-state index is -0.839. The number of rotatable bonds is 6. The van der Waals surface area contributed by atoms with E-state index in [1.807, 2.05) is 36.4 Å². The highest BCUT2D eigenvalue weighted by Crippen LogP contribution is 2.38. The van der Waals surface area contributed by atoms with E-state index in [-0.39, 0.29) is 0 Å². The number of piperazine rings is 1. The van der Waals surface area contributed by atoms with E-state index >= 15 is 0 Å². The van der Waals surface area contributed by atoms with Crippen LogP contribution in [0.5, 0.6) is 0 Å². The molecular weight excluding hydrogens is 425 g/mol. The van der Waals surface area contributed by atoms with E-state index in [1.54, 1.807) is 11.0 Å². The van der Waals surface area contributed by atoms with E-state index in [2.05, 4.69) is 9.80 Å². The largest absolute Gasteiger partial charge is 0.392 e. The number of aliphatic hydroxyl groups is 3. The molecule has 2 aromatic carbocycles. The lowest BCUT2D eigenvalue weighted by Gasteiger charge is -2.37. The van der Waals surface area contributed by atoms with Gasteiger partial charge in [0.05, 0.1) is 21.8 Å². The summed E-state index contributed by atoms with van der Waals surface area (Å²) in [5.74, 6) is 0. The van der Waals surface area contributed by atoms with Gasteiger partial charge in [0.25, 0.3) is 0 Å². The Labute approximate surface area is 186 Å². The van der Waals surface area contributed by atoms with Gasteiger partial charge in [0, 0.05) is 50.4 Å². The minimum absolute atomic E-state index is 0.413.